The summed E-state index contributed by atoms with van der Waals surface area (Å²) in [5.74, 6) is -1.29. The molecule has 1 saturated heterocycles. The van der Waals surface area contributed by atoms with E-state index in [1.54, 1.807) is 13.8 Å². The molecule has 0 bridgehead atoms. The van der Waals surface area contributed by atoms with Crippen molar-refractivity contribution in [1.82, 2.24) is 15.5 Å². The Morgan fingerprint density at radius 3 is 2.70 bits per heavy atom. The van der Waals surface area contributed by atoms with Gasteiger partial charge < -0.3 is 20.6 Å². The van der Waals surface area contributed by atoms with Gasteiger partial charge in [-0.3, -0.25) is 4.79 Å². The van der Waals surface area contributed by atoms with E-state index in [-0.39, 0.29) is 5.91 Å². The molecule has 20 heavy (non-hydrogen) atoms. The van der Waals surface area contributed by atoms with Crippen LogP contribution in [-0.4, -0.2) is 52.6 Å². The second kappa shape index (κ2) is 6.58. The minimum absolute atomic E-state index is 0.237. The first-order valence-corrected chi connectivity index (χ1v) is 6.90. The zero-order valence-corrected chi connectivity index (χ0v) is 12.2. The van der Waals surface area contributed by atoms with Crippen molar-refractivity contribution in [3.8, 4) is 0 Å². The van der Waals surface area contributed by atoms with Crippen LogP contribution in [0.1, 0.15) is 40.0 Å². The molecule has 114 valence electrons. The van der Waals surface area contributed by atoms with Crippen molar-refractivity contribution >= 4 is 17.9 Å². The summed E-state index contributed by atoms with van der Waals surface area (Å²) in [5.41, 5.74) is -0.976. The Kier molecular flexibility index (Phi) is 5.35. The van der Waals surface area contributed by atoms with Gasteiger partial charge in [-0.05, 0) is 20.3 Å². The van der Waals surface area contributed by atoms with Gasteiger partial charge in [0.15, 0.2) is 0 Å². The number of carboxylic acids is 1. The standard InChI is InChI=1S/C13H23N3O4/c1-4-5-6-9(10(17)18)15-12(20)16-8-7-14-11(19)13(16,2)3/h9H,4-8H2,1-3H3,(H,14,19)(H,15,20)(H,17,18). The van der Waals surface area contributed by atoms with E-state index in [2.05, 4.69) is 10.6 Å². The number of unbranched alkanes of at least 4 members (excludes halogenated alkanes) is 1. The van der Waals surface area contributed by atoms with Gasteiger partial charge in [0.2, 0.25) is 5.91 Å². The third-order valence-electron chi connectivity index (χ3n) is 3.54. The highest BCUT2D eigenvalue weighted by Gasteiger charge is 2.41. The maximum Gasteiger partial charge on any atom is 0.326 e. The van der Waals surface area contributed by atoms with E-state index in [1.807, 2.05) is 6.92 Å². The normalized spacial score (nSPS) is 19.1. The molecule has 0 aromatic rings. The molecule has 3 N–H and O–H groups in total. The Bertz CT molecular complexity index is 395. The number of hydrogen-bond acceptors (Lipinski definition) is 3. The lowest BCUT2D eigenvalue weighted by Gasteiger charge is -2.41. The number of rotatable bonds is 5. The van der Waals surface area contributed by atoms with Crippen molar-refractivity contribution in [3.05, 3.63) is 0 Å². The Labute approximate surface area is 118 Å². The fourth-order valence-corrected chi connectivity index (χ4v) is 2.15. The fraction of sp³-hybridized carbons (Fsp3) is 0.769. The molecule has 0 aromatic heterocycles. The number of carbonyl (C=O) groups is 3. The van der Waals surface area contributed by atoms with E-state index >= 15 is 0 Å². The van der Waals surface area contributed by atoms with Crippen LogP contribution < -0.4 is 10.6 Å². The third kappa shape index (κ3) is 3.61. The highest BCUT2D eigenvalue weighted by molar-refractivity contribution is 5.92. The minimum Gasteiger partial charge on any atom is -0.480 e. The van der Waals surface area contributed by atoms with Gasteiger partial charge in [0, 0.05) is 13.1 Å². The number of hydrogen-bond donors (Lipinski definition) is 3. The van der Waals surface area contributed by atoms with Crippen LogP contribution in [0.15, 0.2) is 0 Å². The SMILES string of the molecule is CCCCC(NC(=O)N1CCNC(=O)C1(C)C)C(=O)O. The van der Waals surface area contributed by atoms with Crippen LogP contribution >= 0.6 is 0 Å². The van der Waals surface area contributed by atoms with E-state index in [4.69, 9.17) is 5.11 Å². The molecule has 1 unspecified atom stereocenters. The van der Waals surface area contributed by atoms with E-state index < -0.39 is 23.6 Å². The Morgan fingerprint density at radius 1 is 1.50 bits per heavy atom. The molecule has 3 amide bonds. The summed E-state index contributed by atoms with van der Waals surface area (Å²) in [4.78, 5) is 36.5. The molecule has 0 aromatic carbocycles. The number of carboxylic acid groups (broad SMARTS) is 1. The molecular weight excluding hydrogens is 262 g/mol. The Morgan fingerprint density at radius 2 is 2.15 bits per heavy atom. The van der Waals surface area contributed by atoms with Crippen molar-refractivity contribution in [2.75, 3.05) is 13.1 Å². The molecule has 0 radical (unpaired) electrons. The maximum absolute atomic E-state index is 12.2. The highest BCUT2D eigenvalue weighted by atomic mass is 16.4. The molecule has 1 rings (SSSR count). The molecular formula is C13H23N3O4. The van der Waals surface area contributed by atoms with Crippen LogP contribution in [-0.2, 0) is 9.59 Å². The first-order valence-electron chi connectivity index (χ1n) is 6.90. The number of aliphatic carboxylic acids is 1. The highest BCUT2D eigenvalue weighted by Crippen LogP contribution is 2.18. The lowest BCUT2D eigenvalue weighted by Crippen LogP contribution is -2.66. The van der Waals surface area contributed by atoms with Gasteiger partial charge in [-0.2, -0.15) is 0 Å². The predicted molar refractivity (Wildman–Crippen MR) is 73.3 cm³/mol. The number of amides is 3. The van der Waals surface area contributed by atoms with Gasteiger partial charge in [0.1, 0.15) is 11.6 Å². The third-order valence-corrected chi connectivity index (χ3v) is 3.54. The zero-order valence-electron chi connectivity index (χ0n) is 12.2. The van der Waals surface area contributed by atoms with Crippen molar-refractivity contribution in [1.29, 1.82) is 0 Å². The van der Waals surface area contributed by atoms with Gasteiger partial charge in [-0.1, -0.05) is 19.8 Å². The average Bonchev–Trinajstić information content (AvgIpc) is 2.37. The summed E-state index contributed by atoms with van der Waals surface area (Å²) < 4.78 is 0. The van der Waals surface area contributed by atoms with Gasteiger partial charge in [-0.15, -0.1) is 0 Å². The lowest BCUT2D eigenvalue weighted by molar-refractivity contribution is -0.139. The van der Waals surface area contributed by atoms with Gasteiger partial charge in [0.05, 0.1) is 0 Å². The van der Waals surface area contributed by atoms with Crippen LogP contribution in [0.25, 0.3) is 0 Å². The largest absolute Gasteiger partial charge is 0.480 e. The molecule has 7 nitrogen and oxygen atoms in total. The summed E-state index contributed by atoms with van der Waals surface area (Å²) in [6.07, 6.45) is 1.97. The number of piperazine rings is 1. The number of carbonyl (C=O) groups excluding carboxylic acids is 2. The van der Waals surface area contributed by atoms with E-state index in [1.165, 1.54) is 4.90 Å². The second-order valence-electron chi connectivity index (χ2n) is 5.45. The van der Waals surface area contributed by atoms with Crippen LogP contribution in [0.2, 0.25) is 0 Å². The Hall–Kier alpha value is -1.79. The van der Waals surface area contributed by atoms with Crippen molar-refractivity contribution in [2.45, 2.75) is 51.6 Å². The second-order valence-corrected chi connectivity index (χ2v) is 5.45. The fourth-order valence-electron chi connectivity index (χ4n) is 2.15. The van der Waals surface area contributed by atoms with Crippen LogP contribution in [0.3, 0.4) is 0 Å². The first kappa shape index (κ1) is 16.3. The quantitative estimate of drug-likeness (QED) is 0.687. The number of nitrogens with zero attached hydrogens (tertiary/aromatic N) is 1. The summed E-state index contributed by atoms with van der Waals surface area (Å²) >= 11 is 0. The van der Waals surface area contributed by atoms with E-state index in [9.17, 15) is 14.4 Å². The van der Waals surface area contributed by atoms with Crippen LogP contribution in [0, 0.1) is 0 Å². The molecule has 1 aliphatic heterocycles. The van der Waals surface area contributed by atoms with Gasteiger partial charge in [-0.25, -0.2) is 9.59 Å². The molecule has 0 spiro atoms. The first-order chi connectivity index (χ1) is 9.30. The summed E-state index contributed by atoms with van der Waals surface area (Å²) in [5, 5.41) is 14.3. The van der Waals surface area contributed by atoms with Crippen molar-refractivity contribution in [2.24, 2.45) is 0 Å². The summed E-state index contributed by atoms with van der Waals surface area (Å²) in [7, 11) is 0. The van der Waals surface area contributed by atoms with Gasteiger partial charge in [0.25, 0.3) is 0 Å². The predicted octanol–water partition coefficient (Wildman–Crippen LogP) is 0.550. The molecule has 0 saturated carbocycles. The van der Waals surface area contributed by atoms with Crippen LogP contribution in [0.5, 0.6) is 0 Å². The average molecular weight is 285 g/mol. The Balaban J connectivity index is 2.72. The molecule has 1 heterocycles. The molecule has 1 atom stereocenters. The van der Waals surface area contributed by atoms with E-state index in [0.717, 1.165) is 12.8 Å². The summed E-state index contributed by atoms with van der Waals surface area (Å²) in [6, 6.07) is -1.42. The van der Waals surface area contributed by atoms with Crippen molar-refractivity contribution in [3.63, 3.8) is 0 Å². The molecule has 1 aliphatic rings. The molecule has 0 aliphatic carbocycles. The summed E-state index contributed by atoms with van der Waals surface area (Å²) in [6.45, 7) is 5.98. The monoisotopic (exact) mass is 285 g/mol. The smallest absolute Gasteiger partial charge is 0.326 e. The van der Waals surface area contributed by atoms with Crippen LogP contribution in [0.4, 0.5) is 4.79 Å². The topological polar surface area (TPSA) is 98.7 Å². The van der Waals surface area contributed by atoms with Crippen molar-refractivity contribution < 1.29 is 19.5 Å². The minimum atomic E-state index is -1.05. The maximum atomic E-state index is 12.2. The molecule has 1 fully saturated rings. The number of nitrogens with one attached hydrogen (secondary N) is 2. The zero-order chi connectivity index (χ0) is 15.3. The number of urea groups is 1. The lowest BCUT2D eigenvalue weighted by atomic mass is 9.99. The van der Waals surface area contributed by atoms with E-state index in [0.29, 0.717) is 19.5 Å². The van der Waals surface area contributed by atoms with Gasteiger partial charge >= 0.3 is 12.0 Å². The molecule has 7 heteroatoms.